The molecule has 5 heteroatoms. The van der Waals surface area contributed by atoms with E-state index in [1.807, 2.05) is 0 Å². The number of ether oxygens (including phenoxy) is 3. The van der Waals surface area contributed by atoms with Crippen LogP contribution in [0.4, 0.5) is 4.79 Å². The highest BCUT2D eigenvalue weighted by Crippen LogP contribution is 2.42. The second-order valence-electron chi connectivity index (χ2n) is 4.53. The lowest BCUT2D eigenvalue weighted by Gasteiger charge is -2.39. The zero-order valence-corrected chi connectivity index (χ0v) is 8.58. The van der Waals surface area contributed by atoms with Crippen LogP contribution in [0.2, 0.25) is 0 Å². The molecule has 0 atom stereocenters. The highest BCUT2D eigenvalue weighted by molar-refractivity contribution is 5.70. The molecule has 0 aromatic carbocycles. The first-order chi connectivity index (χ1) is 7.22. The molecule has 0 radical (unpaired) electrons. The first-order valence-electron chi connectivity index (χ1n) is 5.47. The average molecular weight is 213 g/mol. The Balaban J connectivity index is 1.67. The van der Waals surface area contributed by atoms with E-state index in [9.17, 15) is 4.79 Å². The maximum atomic E-state index is 11.0. The minimum Gasteiger partial charge on any atom is -0.441 e. The second-order valence-corrected chi connectivity index (χ2v) is 4.53. The lowest BCUT2D eigenvalue weighted by Crippen LogP contribution is -2.45. The lowest BCUT2D eigenvalue weighted by molar-refractivity contribution is -0.197. The van der Waals surface area contributed by atoms with Crippen molar-refractivity contribution in [3.8, 4) is 0 Å². The van der Waals surface area contributed by atoms with Gasteiger partial charge < -0.3 is 19.5 Å². The van der Waals surface area contributed by atoms with Crippen LogP contribution in [0.1, 0.15) is 25.7 Å². The number of nitrogens with one attached hydrogen (secondary N) is 1. The number of carbonyl (C=O) groups excluding carboxylic acids is 1. The van der Waals surface area contributed by atoms with Crippen LogP contribution >= 0.6 is 0 Å². The molecule has 3 fully saturated rings. The maximum Gasteiger partial charge on any atom is 0.407 e. The maximum absolute atomic E-state index is 11.0. The Kier molecular flexibility index (Phi) is 1.94. The van der Waals surface area contributed by atoms with Crippen molar-refractivity contribution in [1.29, 1.82) is 0 Å². The second kappa shape index (κ2) is 3.09. The number of amides is 1. The molecule has 84 valence electrons. The number of hydrogen-bond acceptors (Lipinski definition) is 4. The standard InChI is InChI=1S/C10H15NO4/c12-8-11-7-9(15-8)1-3-10(4-2-9)13-5-6-14-10/h1-7H2,(H,11,12). The van der Waals surface area contributed by atoms with Crippen molar-refractivity contribution < 1.29 is 19.0 Å². The van der Waals surface area contributed by atoms with E-state index in [-0.39, 0.29) is 17.5 Å². The zero-order chi connectivity index (χ0) is 10.4. The van der Waals surface area contributed by atoms with E-state index in [2.05, 4.69) is 5.32 Å². The van der Waals surface area contributed by atoms with Crippen LogP contribution in [0.5, 0.6) is 0 Å². The fourth-order valence-corrected chi connectivity index (χ4v) is 2.65. The predicted octanol–water partition coefficient (Wildman–Crippen LogP) is 0.782. The lowest BCUT2D eigenvalue weighted by atomic mass is 9.81. The Hall–Kier alpha value is -0.810. The van der Waals surface area contributed by atoms with Crippen LogP contribution < -0.4 is 5.32 Å². The quantitative estimate of drug-likeness (QED) is 0.646. The van der Waals surface area contributed by atoms with Crippen LogP contribution in [0.3, 0.4) is 0 Å². The third-order valence-electron chi connectivity index (χ3n) is 3.60. The third kappa shape index (κ3) is 1.50. The van der Waals surface area contributed by atoms with Gasteiger partial charge >= 0.3 is 6.09 Å². The van der Waals surface area contributed by atoms with Gasteiger partial charge in [0.15, 0.2) is 5.79 Å². The Morgan fingerprint density at radius 1 is 1.07 bits per heavy atom. The summed E-state index contributed by atoms with van der Waals surface area (Å²) in [4.78, 5) is 11.0. The average Bonchev–Trinajstić information content (AvgIpc) is 2.81. The summed E-state index contributed by atoms with van der Waals surface area (Å²) >= 11 is 0. The molecule has 15 heavy (non-hydrogen) atoms. The van der Waals surface area contributed by atoms with E-state index in [0.717, 1.165) is 25.7 Å². The Morgan fingerprint density at radius 2 is 1.73 bits per heavy atom. The van der Waals surface area contributed by atoms with Crippen molar-refractivity contribution in [3.05, 3.63) is 0 Å². The van der Waals surface area contributed by atoms with Gasteiger partial charge in [-0.25, -0.2) is 4.79 Å². The Bertz CT molecular complexity index is 275. The summed E-state index contributed by atoms with van der Waals surface area (Å²) in [6, 6.07) is 0. The van der Waals surface area contributed by atoms with Gasteiger partial charge in [0.25, 0.3) is 0 Å². The number of rotatable bonds is 0. The molecule has 3 aliphatic rings. The van der Waals surface area contributed by atoms with Crippen molar-refractivity contribution in [3.63, 3.8) is 0 Å². The molecule has 0 unspecified atom stereocenters. The van der Waals surface area contributed by atoms with Gasteiger partial charge in [0.2, 0.25) is 0 Å². The van der Waals surface area contributed by atoms with Gasteiger partial charge in [-0.3, -0.25) is 0 Å². The van der Waals surface area contributed by atoms with Gasteiger partial charge in [0.1, 0.15) is 5.60 Å². The van der Waals surface area contributed by atoms with Crippen LogP contribution in [-0.2, 0) is 14.2 Å². The van der Waals surface area contributed by atoms with E-state index in [0.29, 0.717) is 19.8 Å². The molecular weight excluding hydrogens is 198 g/mol. The zero-order valence-electron chi connectivity index (χ0n) is 8.58. The first-order valence-corrected chi connectivity index (χ1v) is 5.47. The van der Waals surface area contributed by atoms with Crippen LogP contribution in [0.25, 0.3) is 0 Å². The molecule has 2 spiro atoms. The fraction of sp³-hybridized carbons (Fsp3) is 0.900. The van der Waals surface area contributed by atoms with Gasteiger partial charge in [-0.2, -0.15) is 0 Å². The van der Waals surface area contributed by atoms with Crippen molar-refractivity contribution in [2.24, 2.45) is 0 Å². The molecule has 3 rings (SSSR count). The smallest absolute Gasteiger partial charge is 0.407 e. The summed E-state index contributed by atoms with van der Waals surface area (Å²) in [6.45, 7) is 2.00. The summed E-state index contributed by atoms with van der Waals surface area (Å²) in [5.41, 5.74) is -0.294. The summed E-state index contributed by atoms with van der Waals surface area (Å²) in [7, 11) is 0. The van der Waals surface area contributed by atoms with Crippen molar-refractivity contribution in [1.82, 2.24) is 5.32 Å². The number of alkyl carbamates (subject to hydrolysis) is 1. The van der Waals surface area contributed by atoms with Crippen LogP contribution in [0.15, 0.2) is 0 Å². The number of carbonyl (C=O) groups is 1. The van der Waals surface area contributed by atoms with Crippen LogP contribution in [0, 0.1) is 0 Å². The van der Waals surface area contributed by atoms with Gasteiger partial charge in [-0.1, -0.05) is 0 Å². The number of hydrogen-bond donors (Lipinski definition) is 1. The normalized spacial score (nSPS) is 31.9. The molecule has 0 bridgehead atoms. The molecule has 1 N–H and O–H groups in total. The van der Waals surface area contributed by atoms with E-state index in [1.165, 1.54) is 0 Å². The Morgan fingerprint density at radius 3 is 2.27 bits per heavy atom. The summed E-state index contributed by atoms with van der Waals surface area (Å²) in [5, 5.41) is 2.72. The third-order valence-corrected chi connectivity index (χ3v) is 3.60. The molecule has 1 aliphatic carbocycles. The minimum atomic E-state index is -0.375. The van der Waals surface area contributed by atoms with E-state index < -0.39 is 0 Å². The van der Waals surface area contributed by atoms with Gasteiger partial charge in [0, 0.05) is 12.8 Å². The predicted molar refractivity (Wildman–Crippen MR) is 50.3 cm³/mol. The molecule has 1 amide bonds. The van der Waals surface area contributed by atoms with Gasteiger partial charge in [0.05, 0.1) is 19.8 Å². The SMILES string of the molecule is O=C1NCC2(CCC3(CC2)OCCO3)O1. The van der Waals surface area contributed by atoms with E-state index >= 15 is 0 Å². The molecule has 0 aromatic rings. The monoisotopic (exact) mass is 213 g/mol. The van der Waals surface area contributed by atoms with Crippen molar-refractivity contribution in [2.75, 3.05) is 19.8 Å². The molecular formula is C10H15NO4. The molecule has 2 saturated heterocycles. The summed E-state index contributed by atoms with van der Waals surface area (Å²) in [6.07, 6.45) is 3.00. The molecule has 1 saturated carbocycles. The first kappa shape index (κ1) is 9.42. The summed E-state index contributed by atoms with van der Waals surface area (Å²) < 4.78 is 16.6. The molecule has 5 nitrogen and oxygen atoms in total. The van der Waals surface area contributed by atoms with E-state index in [1.54, 1.807) is 0 Å². The van der Waals surface area contributed by atoms with Gasteiger partial charge in [-0.15, -0.1) is 0 Å². The highest BCUT2D eigenvalue weighted by atomic mass is 16.7. The van der Waals surface area contributed by atoms with Crippen molar-refractivity contribution in [2.45, 2.75) is 37.1 Å². The minimum absolute atomic E-state index is 0.292. The molecule has 2 aliphatic heterocycles. The van der Waals surface area contributed by atoms with Gasteiger partial charge in [-0.05, 0) is 12.8 Å². The van der Waals surface area contributed by atoms with E-state index in [4.69, 9.17) is 14.2 Å². The van der Waals surface area contributed by atoms with Crippen LogP contribution in [-0.4, -0.2) is 37.2 Å². The largest absolute Gasteiger partial charge is 0.441 e. The fourth-order valence-electron chi connectivity index (χ4n) is 2.65. The molecule has 2 heterocycles. The van der Waals surface area contributed by atoms with Crippen molar-refractivity contribution >= 4 is 6.09 Å². The topological polar surface area (TPSA) is 56.8 Å². The summed E-state index contributed by atoms with van der Waals surface area (Å²) in [5.74, 6) is -0.375. The Labute approximate surface area is 88.1 Å². The highest BCUT2D eigenvalue weighted by Gasteiger charge is 2.50. The molecule has 0 aromatic heterocycles.